The fraction of sp³-hybridized carbons (Fsp3) is 0.500. The van der Waals surface area contributed by atoms with E-state index in [1.807, 2.05) is 0 Å². The predicted molar refractivity (Wildman–Crippen MR) is 42.1 cm³/mol. The Morgan fingerprint density at radius 1 is 1.36 bits per heavy atom. The van der Waals surface area contributed by atoms with Crippen LogP contribution in [0.5, 0.6) is 0 Å². The standard InChI is InChI=1S/C8H8F3N3/c9-8(10,11)5-1-4-13-6(14-5)7(12)2-3-7/h1,4H,2-3,12H2. The van der Waals surface area contributed by atoms with Crippen LogP contribution in [0.3, 0.4) is 0 Å². The van der Waals surface area contributed by atoms with Crippen LogP contribution in [0, 0.1) is 0 Å². The van der Waals surface area contributed by atoms with Gasteiger partial charge in [-0.05, 0) is 18.9 Å². The van der Waals surface area contributed by atoms with Gasteiger partial charge in [0.15, 0.2) is 0 Å². The Balaban J connectivity index is 2.37. The van der Waals surface area contributed by atoms with E-state index in [9.17, 15) is 13.2 Å². The lowest BCUT2D eigenvalue weighted by Crippen LogP contribution is -2.23. The minimum atomic E-state index is -4.43. The molecule has 1 fully saturated rings. The van der Waals surface area contributed by atoms with E-state index in [0.717, 1.165) is 12.3 Å². The molecule has 3 nitrogen and oxygen atoms in total. The summed E-state index contributed by atoms with van der Waals surface area (Å²) in [6.45, 7) is 0. The molecule has 6 heteroatoms. The van der Waals surface area contributed by atoms with Crippen LogP contribution < -0.4 is 5.73 Å². The molecule has 76 valence electrons. The number of nitrogens with zero attached hydrogens (tertiary/aromatic N) is 2. The van der Waals surface area contributed by atoms with Gasteiger partial charge in [0.2, 0.25) is 0 Å². The predicted octanol–water partition coefficient (Wildman–Crippen LogP) is 1.44. The van der Waals surface area contributed by atoms with Gasteiger partial charge in [0.25, 0.3) is 0 Å². The molecule has 0 saturated heterocycles. The number of hydrogen-bond acceptors (Lipinski definition) is 3. The number of rotatable bonds is 1. The van der Waals surface area contributed by atoms with Crippen molar-refractivity contribution in [2.24, 2.45) is 5.73 Å². The SMILES string of the molecule is NC1(c2nccc(C(F)(F)F)n2)CC1. The molecule has 1 saturated carbocycles. The first-order chi connectivity index (χ1) is 6.42. The van der Waals surface area contributed by atoms with Crippen LogP contribution in [0.2, 0.25) is 0 Å². The Bertz CT molecular complexity index is 337. The summed E-state index contributed by atoms with van der Waals surface area (Å²) in [4.78, 5) is 7.17. The lowest BCUT2D eigenvalue weighted by Gasteiger charge is -2.10. The van der Waals surface area contributed by atoms with Crippen molar-refractivity contribution in [3.63, 3.8) is 0 Å². The number of halogens is 3. The molecule has 1 aromatic rings. The normalized spacial score (nSPS) is 19.4. The van der Waals surface area contributed by atoms with Gasteiger partial charge in [0, 0.05) is 6.20 Å². The quantitative estimate of drug-likeness (QED) is 0.751. The first-order valence-electron chi connectivity index (χ1n) is 4.11. The molecule has 0 aromatic carbocycles. The third-order valence-corrected chi connectivity index (χ3v) is 2.18. The second kappa shape index (κ2) is 2.66. The van der Waals surface area contributed by atoms with Crippen LogP contribution in [0.1, 0.15) is 24.4 Å². The van der Waals surface area contributed by atoms with Gasteiger partial charge in [-0.15, -0.1) is 0 Å². The van der Waals surface area contributed by atoms with Crippen LogP contribution in [-0.2, 0) is 11.7 Å². The minimum Gasteiger partial charge on any atom is -0.319 e. The van der Waals surface area contributed by atoms with Crippen molar-refractivity contribution < 1.29 is 13.2 Å². The molecule has 1 heterocycles. The van der Waals surface area contributed by atoms with Crippen LogP contribution >= 0.6 is 0 Å². The summed E-state index contributed by atoms with van der Waals surface area (Å²) >= 11 is 0. The van der Waals surface area contributed by atoms with E-state index in [2.05, 4.69) is 9.97 Å². The number of aromatic nitrogens is 2. The topological polar surface area (TPSA) is 51.8 Å². The van der Waals surface area contributed by atoms with Gasteiger partial charge in [-0.25, -0.2) is 9.97 Å². The summed E-state index contributed by atoms with van der Waals surface area (Å²) in [5.74, 6) is 0.0901. The largest absolute Gasteiger partial charge is 0.433 e. The van der Waals surface area contributed by atoms with Crippen molar-refractivity contribution >= 4 is 0 Å². The molecular formula is C8H8F3N3. The highest BCUT2D eigenvalue weighted by atomic mass is 19.4. The summed E-state index contributed by atoms with van der Waals surface area (Å²) in [7, 11) is 0. The monoisotopic (exact) mass is 203 g/mol. The molecule has 1 aliphatic carbocycles. The highest BCUT2D eigenvalue weighted by Crippen LogP contribution is 2.41. The summed E-state index contributed by atoms with van der Waals surface area (Å²) in [5.41, 5.74) is 4.04. The average molecular weight is 203 g/mol. The maximum Gasteiger partial charge on any atom is 0.433 e. The average Bonchev–Trinajstić information content (AvgIpc) is 2.84. The van der Waals surface area contributed by atoms with Crippen molar-refractivity contribution in [1.29, 1.82) is 0 Å². The molecule has 0 aliphatic heterocycles. The number of alkyl halides is 3. The highest BCUT2D eigenvalue weighted by molar-refractivity contribution is 5.17. The maximum absolute atomic E-state index is 12.2. The molecule has 14 heavy (non-hydrogen) atoms. The molecule has 0 amide bonds. The molecule has 0 bridgehead atoms. The summed E-state index contributed by atoms with van der Waals surface area (Å²) in [5, 5.41) is 0. The zero-order chi connectivity index (χ0) is 10.4. The molecule has 0 radical (unpaired) electrons. The Morgan fingerprint density at radius 2 is 2.00 bits per heavy atom. The van der Waals surface area contributed by atoms with Crippen molar-refractivity contribution in [2.75, 3.05) is 0 Å². The van der Waals surface area contributed by atoms with Crippen LogP contribution in [0.15, 0.2) is 12.3 Å². The summed E-state index contributed by atoms with van der Waals surface area (Å²) in [6.07, 6.45) is -2.04. The maximum atomic E-state index is 12.2. The molecule has 0 spiro atoms. The fourth-order valence-corrected chi connectivity index (χ4v) is 1.11. The lowest BCUT2D eigenvalue weighted by molar-refractivity contribution is -0.141. The van der Waals surface area contributed by atoms with E-state index < -0.39 is 17.4 Å². The Labute approximate surface area is 78.2 Å². The lowest BCUT2D eigenvalue weighted by atomic mass is 10.2. The molecule has 2 N–H and O–H groups in total. The second-order valence-electron chi connectivity index (χ2n) is 3.42. The van der Waals surface area contributed by atoms with E-state index in [0.29, 0.717) is 12.8 Å². The van der Waals surface area contributed by atoms with E-state index in [1.165, 1.54) is 0 Å². The van der Waals surface area contributed by atoms with Gasteiger partial charge in [-0.1, -0.05) is 0 Å². The first-order valence-corrected chi connectivity index (χ1v) is 4.11. The zero-order valence-electron chi connectivity index (χ0n) is 7.17. The number of nitrogens with two attached hydrogens (primary N) is 1. The molecule has 1 aliphatic rings. The van der Waals surface area contributed by atoms with Gasteiger partial charge >= 0.3 is 6.18 Å². The van der Waals surface area contributed by atoms with Crippen LogP contribution in [0.4, 0.5) is 13.2 Å². The summed E-state index contributed by atoms with van der Waals surface area (Å²) < 4.78 is 36.7. The molecule has 1 aromatic heterocycles. The van der Waals surface area contributed by atoms with Gasteiger partial charge < -0.3 is 5.73 Å². The zero-order valence-corrected chi connectivity index (χ0v) is 7.17. The first kappa shape index (κ1) is 9.39. The Kier molecular flexibility index (Phi) is 1.79. The van der Waals surface area contributed by atoms with E-state index >= 15 is 0 Å². The van der Waals surface area contributed by atoms with Crippen LogP contribution in [0.25, 0.3) is 0 Å². The van der Waals surface area contributed by atoms with Crippen LogP contribution in [-0.4, -0.2) is 9.97 Å². The van der Waals surface area contributed by atoms with Gasteiger partial charge in [0.1, 0.15) is 11.5 Å². The van der Waals surface area contributed by atoms with E-state index in [-0.39, 0.29) is 5.82 Å². The van der Waals surface area contributed by atoms with Crippen molar-refractivity contribution in [3.05, 3.63) is 23.8 Å². The van der Waals surface area contributed by atoms with Crippen molar-refractivity contribution in [2.45, 2.75) is 24.6 Å². The van der Waals surface area contributed by atoms with Gasteiger partial charge in [-0.2, -0.15) is 13.2 Å². The third-order valence-electron chi connectivity index (χ3n) is 2.18. The Hall–Kier alpha value is -1.17. The molecule has 0 unspecified atom stereocenters. The molecular weight excluding hydrogens is 195 g/mol. The summed E-state index contributed by atoms with van der Waals surface area (Å²) in [6, 6.07) is 0.842. The van der Waals surface area contributed by atoms with E-state index in [1.54, 1.807) is 0 Å². The third kappa shape index (κ3) is 1.57. The smallest absolute Gasteiger partial charge is 0.319 e. The van der Waals surface area contributed by atoms with Gasteiger partial charge in [0.05, 0.1) is 5.54 Å². The second-order valence-corrected chi connectivity index (χ2v) is 3.42. The molecule has 0 atom stereocenters. The number of hydrogen-bond donors (Lipinski definition) is 1. The fourth-order valence-electron chi connectivity index (χ4n) is 1.11. The highest BCUT2D eigenvalue weighted by Gasteiger charge is 2.44. The van der Waals surface area contributed by atoms with Gasteiger partial charge in [-0.3, -0.25) is 0 Å². The van der Waals surface area contributed by atoms with Crippen molar-refractivity contribution in [1.82, 2.24) is 9.97 Å². The minimum absolute atomic E-state index is 0.0901. The Morgan fingerprint density at radius 3 is 2.50 bits per heavy atom. The molecule has 2 rings (SSSR count). The van der Waals surface area contributed by atoms with Crippen molar-refractivity contribution in [3.8, 4) is 0 Å². The van der Waals surface area contributed by atoms with E-state index in [4.69, 9.17) is 5.73 Å².